The van der Waals surface area contributed by atoms with Gasteiger partial charge in [-0.1, -0.05) is 18.2 Å². The second-order valence-electron chi connectivity index (χ2n) is 8.51. The summed E-state index contributed by atoms with van der Waals surface area (Å²) in [7, 11) is 3.55. The summed E-state index contributed by atoms with van der Waals surface area (Å²) >= 11 is 0. The molecule has 2 N–H and O–H groups in total. The van der Waals surface area contributed by atoms with Crippen LogP contribution in [0.2, 0.25) is 0 Å². The monoisotopic (exact) mass is 564 g/mol. The molecule has 33 heavy (non-hydrogen) atoms. The lowest BCUT2D eigenvalue weighted by atomic mass is 10.1. The van der Waals surface area contributed by atoms with Crippen LogP contribution in [0.4, 0.5) is 5.82 Å². The van der Waals surface area contributed by atoms with Crippen molar-refractivity contribution in [3.05, 3.63) is 59.3 Å². The van der Waals surface area contributed by atoms with Crippen LogP contribution in [0, 0.1) is 6.92 Å². The number of benzene rings is 1. The molecule has 1 aliphatic rings. The van der Waals surface area contributed by atoms with Crippen LogP contribution in [0.15, 0.2) is 47.6 Å². The van der Waals surface area contributed by atoms with Gasteiger partial charge in [0, 0.05) is 58.1 Å². The fourth-order valence-corrected chi connectivity index (χ4v) is 3.83. The molecule has 0 aliphatic carbocycles. The van der Waals surface area contributed by atoms with Crippen LogP contribution in [0.3, 0.4) is 0 Å². The number of hydrogen-bond donors (Lipinski definition) is 2. The number of hydrogen-bond acceptors (Lipinski definition) is 4. The average Bonchev–Trinajstić information content (AvgIpc) is 2.80. The molecule has 0 radical (unpaired) electrons. The van der Waals surface area contributed by atoms with Crippen molar-refractivity contribution in [3.8, 4) is 0 Å². The number of rotatable bonds is 7. The second kappa shape index (κ2) is 13.4. The lowest BCUT2D eigenvalue weighted by molar-refractivity contribution is 0.0827. The summed E-state index contributed by atoms with van der Waals surface area (Å²) in [5, 5.41) is 6.96. The summed E-state index contributed by atoms with van der Waals surface area (Å²) in [6.45, 7) is 7.61. The number of carbonyl (C=O) groups excluding carboxylic acids is 1. The maximum absolute atomic E-state index is 12.2. The van der Waals surface area contributed by atoms with Gasteiger partial charge >= 0.3 is 0 Å². The third-order valence-electron chi connectivity index (χ3n) is 5.65. The van der Waals surface area contributed by atoms with Crippen molar-refractivity contribution in [2.24, 2.45) is 4.99 Å². The Bertz CT molecular complexity index is 907. The van der Waals surface area contributed by atoms with Crippen LogP contribution < -0.4 is 15.5 Å². The van der Waals surface area contributed by atoms with Gasteiger partial charge in [0.15, 0.2) is 5.96 Å². The van der Waals surface area contributed by atoms with E-state index in [1.807, 2.05) is 24.4 Å². The Morgan fingerprint density at radius 1 is 1.21 bits per heavy atom. The molecule has 0 bridgehead atoms. The molecule has 3 rings (SSSR count). The zero-order valence-corrected chi connectivity index (χ0v) is 22.5. The van der Waals surface area contributed by atoms with Crippen LogP contribution in [0.25, 0.3) is 0 Å². The molecule has 1 fully saturated rings. The highest BCUT2D eigenvalue weighted by atomic mass is 127. The molecule has 1 aromatic heterocycles. The van der Waals surface area contributed by atoms with Gasteiger partial charge in [-0.25, -0.2) is 4.98 Å². The first-order chi connectivity index (χ1) is 15.5. The number of aromatic nitrogens is 1. The van der Waals surface area contributed by atoms with Crippen molar-refractivity contribution < 1.29 is 4.79 Å². The number of carbonyl (C=O) groups is 1. The molecule has 1 aliphatic heterocycles. The Hall–Kier alpha value is -2.36. The van der Waals surface area contributed by atoms with E-state index in [-0.39, 0.29) is 29.9 Å². The molecule has 0 saturated carbocycles. The number of aryl methyl sites for hydroxylation is 1. The van der Waals surface area contributed by atoms with Crippen molar-refractivity contribution in [2.75, 3.05) is 45.2 Å². The zero-order chi connectivity index (χ0) is 22.9. The molecule has 2 aromatic rings. The number of halogens is 1. The molecule has 1 amide bonds. The molecule has 180 valence electrons. The highest BCUT2D eigenvalue weighted by Crippen LogP contribution is 2.18. The Kier molecular flexibility index (Phi) is 10.9. The van der Waals surface area contributed by atoms with Gasteiger partial charge in [-0.3, -0.25) is 9.79 Å². The molecular weight excluding hydrogens is 527 g/mol. The number of nitrogens with zero attached hydrogens (tertiary/aromatic N) is 4. The first-order valence-electron chi connectivity index (χ1n) is 11.5. The van der Waals surface area contributed by atoms with Gasteiger partial charge in [-0.05, 0) is 62.4 Å². The van der Waals surface area contributed by atoms with E-state index in [1.54, 1.807) is 19.0 Å². The summed E-state index contributed by atoms with van der Waals surface area (Å²) in [6.07, 6.45) is 4.83. The molecule has 0 unspecified atom stereocenters. The maximum Gasteiger partial charge on any atom is 0.253 e. The fourth-order valence-electron chi connectivity index (χ4n) is 3.83. The van der Waals surface area contributed by atoms with E-state index < -0.39 is 0 Å². The number of nitrogens with one attached hydrogen (secondary N) is 2. The lowest BCUT2D eigenvalue weighted by Gasteiger charge is -2.33. The average molecular weight is 565 g/mol. The molecule has 7 nitrogen and oxygen atoms in total. The van der Waals surface area contributed by atoms with Gasteiger partial charge in [-0.2, -0.15) is 0 Å². The van der Waals surface area contributed by atoms with E-state index in [0.717, 1.165) is 61.8 Å². The normalized spacial score (nSPS) is 14.4. The van der Waals surface area contributed by atoms with Gasteiger partial charge in [0.1, 0.15) is 5.82 Å². The minimum Gasteiger partial charge on any atom is -0.357 e. The van der Waals surface area contributed by atoms with E-state index in [1.165, 1.54) is 5.56 Å². The summed E-state index contributed by atoms with van der Waals surface area (Å²) in [5.74, 6) is 1.95. The fraction of sp³-hybridized carbons (Fsp3) is 0.480. The topological polar surface area (TPSA) is 72.9 Å². The number of aliphatic imine (C=N–C) groups is 1. The third kappa shape index (κ3) is 8.17. The van der Waals surface area contributed by atoms with Crippen molar-refractivity contribution in [1.29, 1.82) is 0 Å². The van der Waals surface area contributed by atoms with Crippen LogP contribution in [-0.2, 0) is 6.42 Å². The molecule has 0 atom stereocenters. The maximum atomic E-state index is 12.2. The van der Waals surface area contributed by atoms with Gasteiger partial charge < -0.3 is 20.4 Å². The Morgan fingerprint density at radius 2 is 1.97 bits per heavy atom. The molecule has 0 spiro atoms. The number of pyridine rings is 1. The lowest BCUT2D eigenvalue weighted by Crippen LogP contribution is -2.49. The Balaban J connectivity index is 0.00000385. The van der Waals surface area contributed by atoms with E-state index in [0.29, 0.717) is 12.6 Å². The van der Waals surface area contributed by atoms with Gasteiger partial charge in [0.25, 0.3) is 5.91 Å². The SMILES string of the molecule is CCNC(=NCCc1cccc(C(=O)N(C)C)c1)NC1CCN(c2ccc(C)cn2)CC1.I. The van der Waals surface area contributed by atoms with Gasteiger partial charge in [-0.15, -0.1) is 24.0 Å². The highest BCUT2D eigenvalue weighted by molar-refractivity contribution is 14.0. The minimum absolute atomic E-state index is 0. The molecule has 1 aromatic carbocycles. The summed E-state index contributed by atoms with van der Waals surface area (Å²) in [5.41, 5.74) is 3.03. The first kappa shape index (κ1) is 26.9. The number of anilines is 1. The third-order valence-corrected chi connectivity index (χ3v) is 5.65. The van der Waals surface area contributed by atoms with Gasteiger partial charge in [0.2, 0.25) is 0 Å². The highest BCUT2D eigenvalue weighted by Gasteiger charge is 2.20. The predicted octanol–water partition coefficient (Wildman–Crippen LogP) is 3.48. The van der Waals surface area contributed by atoms with E-state index in [2.05, 4.69) is 52.6 Å². The smallest absolute Gasteiger partial charge is 0.253 e. The van der Waals surface area contributed by atoms with Crippen LogP contribution in [0.1, 0.15) is 41.3 Å². The first-order valence-corrected chi connectivity index (χ1v) is 11.5. The van der Waals surface area contributed by atoms with E-state index in [9.17, 15) is 4.79 Å². The Labute approximate surface area is 215 Å². The van der Waals surface area contributed by atoms with Crippen LogP contribution in [0.5, 0.6) is 0 Å². The van der Waals surface area contributed by atoms with E-state index in [4.69, 9.17) is 4.99 Å². The van der Waals surface area contributed by atoms with Crippen LogP contribution >= 0.6 is 24.0 Å². The number of amides is 1. The minimum atomic E-state index is 0. The van der Waals surface area contributed by atoms with E-state index >= 15 is 0 Å². The van der Waals surface area contributed by atoms with Crippen LogP contribution in [-0.4, -0.2) is 68.1 Å². The molecule has 2 heterocycles. The van der Waals surface area contributed by atoms with Crippen molar-refractivity contribution in [2.45, 2.75) is 39.2 Å². The second-order valence-corrected chi connectivity index (χ2v) is 8.51. The summed E-state index contributed by atoms with van der Waals surface area (Å²) in [4.78, 5) is 25.5. The molecule has 8 heteroatoms. The quantitative estimate of drug-likeness (QED) is 0.306. The summed E-state index contributed by atoms with van der Waals surface area (Å²) in [6, 6.07) is 12.4. The zero-order valence-electron chi connectivity index (χ0n) is 20.2. The molecule has 1 saturated heterocycles. The predicted molar refractivity (Wildman–Crippen MR) is 147 cm³/mol. The van der Waals surface area contributed by atoms with Crippen molar-refractivity contribution >= 4 is 41.7 Å². The summed E-state index contributed by atoms with van der Waals surface area (Å²) < 4.78 is 0. The largest absolute Gasteiger partial charge is 0.357 e. The number of guanidine groups is 1. The standard InChI is InChI=1S/C25H36N6O.HI/c1-5-26-25(27-14-11-20-7-6-8-21(17-20)24(32)30(3)4)29-22-12-15-31(16-13-22)23-10-9-19(2)18-28-23;/h6-10,17-18,22H,5,11-16H2,1-4H3,(H2,26,27,29);1H. The van der Waals surface area contributed by atoms with Crippen molar-refractivity contribution in [3.63, 3.8) is 0 Å². The van der Waals surface area contributed by atoms with Gasteiger partial charge in [0.05, 0.1) is 0 Å². The van der Waals surface area contributed by atoms with Crippen molar-refractivity contribution in [1.82, 2.24) is 20.5 Å². The number of piperidine rings is 1. The molecular formula is C25H37IN6O. The Morgan fingerprint density at radius 3 is 2.61 bits per heavy atom.